The van der Waals surface area contributed by atoms with E-state index in [0.29, 0.717) is 29.3 Å². The van der Waals surface area contributed by atoms with Gasteiger partial charge in [-0.3, -0.25) is 88.8 Å². The van der Waals surface area contributed by atoms with Gasteiger partial charge in [-0.1, -0.05) is 42.5 Å². The van der Waals surface area contributed by atoms with Crippen LogP contribution in [-0.4, -0.2) is 245 Å². The van der Waals surface area contributed by atoms with Crippen LogP contribution in [0.5, 0.6) is 0 Å². The molecule has 1 spiro atoms. The molecule has 2 saturated heterocycles. The second-order valence-corrected chi connectivity index (χ2v) is 30.3. The van der Waals surface area contributed by atoms with Crippen molar-refractivity contribution in [1.29, 1.82) is 21.6 Å². The molecule has 3 aliphatic heterocycles. The fourth-order valence-corrected chi connectivity index (χ4v) is 14.7. The number of rotatable bonds is 40. The molecule has 0 bridgehead atoms. The van der Waals surface area contributed by atoms with Gasteiger partial charge in [0.05, 0.1) is 0 Å². The maximum Gasteiger partial charge on any atom is 0.246 e. The van der Waals surface area contributed by atoms with Crippen LogP contribution in [-0.2, 0) is 80.0 Å². The summed E-state index contributed by atoms with van der Waals surface area (Å²) in [4.78, 5) is 208. The molecule has 32 N–H and O–H groups in total. The topological polar surface area (TPSA) is 693 Å². The summed E-state index contributed by atoms with van der Waals surface area (Å²) in [5.41, 5.74) is 33.4. The number of para-hydroxylation sites is 1. The first kappa shape index (κ1) is 94.4. The lowest BCUT2D eigenvalue weighted by molar-refractivity contribution is -0.146. The average Bonchev–Trinajstić information content (AvgIpc) is 1.18. The van der Waals surface area contributed by atoms with Gasteiger partial charge in [0, 0.05) is 76.1 Å². The zero-order valence-corrected chi connectivity index (χ0v) is 67.5. The van der Waals surface area contributed by atoms with E-state index in [1.165, 1.54) is 60.1 Å². The zero-order chi connectivity index (χ0) is 87.8. The van der Waals surface area contributed by atoms with E-state index >= 15 is 28.4 Å². The highest BCUT2D eigenvalue weighted by atomic mass is 19.1. The SMILES string of the molecule is CC(=O)N[C@@H](C)C(=O)N[C@@H](CCCNC(=N)N)C(=O)N[C@@H](Cc1c[nH]c2ccccc12)C(=O)N[C@H]1C/C=C\C[C@@H](C(=O)N2CCC[C@H]2C(=O)N[C@@H](CCCN)C(=O)N[C@@H](CCCNC(=N)N)C(=O)N[C@@H](CCCNC(=N)N)C(=O)N[C@@H](CCCNC(=N)N)C(N)=O)NC(=O)C2(CCC2)NC(=O)[C@@H]2CCCN2C(=O)[C@H](Cc2cccc(F)c2)NC1=O. The maximum atomic E-state index is 15.5. The van der Waals surface area contributed by atoms with E-state index in [9.17, 15) is 43.2 Å². The van der Waals surface area contributed by atoms with Crippen LogP contribution in [0.4, 0.5) is 4.39 Å². The van der Waals surface area contributed by atoms with Crippen molar-refractivity contribution in [1.82, 2.24) is 94.5 Å². The van der Waals surface area contributed by atoms with Gasteiger partial charge in [0.15, 0.2) is 23.8 Å². The van der Waals surface area contributed by atoms with Gasteiger partial charge in [0.25, 0.3) is 0 Å². The van der Waals surface area contributed by atoms with E-state index in [2.05, 4.69) is 84.7 Å². The van der Waals surface area contributed by atoms with Crippen molar-refractivity contribution in [3.63, 3.8) is 0 Å². The third-order valence-electron chi connectivity index (χ3n) is 21.1. The smallest absolute Gasteiger partial charge is 0.246 e. The quantitative estimate of drug-likeness (QED) is 0.0109. The van der Waals surface area contributed by atoms with Gasteiger partial charge in [-0.05, 0) is 165 Å². The number of nitrogens with two attached hydrogens (primary N) is 6. The highest BCUT2D eigenvalue weighted by Gasteiger charge is 2.50. The van der Waals surface area contributed by atoms with Crippen LogP contribution < -0.4 is 114 Å². The number of hydrogen-bond acceptors (Lipinski definition) is 19. The van der Waals surface area contributed by atoms with Crippen molar-refractivity contribution >= 4 is 117 Å². The molecule has 14 amide bonds. The summed E-state index contributed by atoms with van der Waals surface area (Å²) in [5.74, 6) is -13.7. The molecule has 0 radical (unpaired) electrons. The number of fused-ring (bicyclic) bond motifs is 2. The monoisotopic (exact) mass is 1680 g/mol. The Bertz CT molecular complexity index is 4230. The van der Waals surface area contributed by atoms with Crippen LogP contribution in [0.15, 0.2) is 66.9 Å². The Kier molecular flexibility index (Phi) is 36.5. The van der Waals surface area contributed by atoms with Crippen LogP contribution in [0, 0.1) is 27.5 Å². The summed E-state index contributed by atoms with van der Waals surface area (Å²) in [7, 11) is 0. The number of aromatic nitrogens is 1. The molecule has 3 aromatic rings. The molecule has 2 aromatic carbocycles. The van der Waals surface area contributed by atoms with Crippen LogP contribution >= 0.6 is 0 Å². The van der Waals surface area contributed by atoms with E-state index in [1.54, 1.807) is 30.5 Å². The molecule has 1 aliphatic carbocycles. The normalized spacial score (nSPS) is 19.9. The molecular weight excluding hydrogens is 1560 g/mol. The first-order valence-electron chi connectivity index (χ1n) is 40.4. The number of nitrogens with zero attached hydrogens (tertiary/aromatic N) is 2. The summed E-state index contributed by atoms with van der Waals surface area (Å²) in [6.07, 6.45) is 4.72. The molecule has 12 atom stereocenters. The van der Waals surface area contributed by atoms with Crippen molar-refractivity contribution in [3.8, 4) is 0 Å². The highest BCUT2D eigenvalue weighted by Crippen LogP contribution is 2.34. The molecule has 120 heavy (non-hydrogen) atoms. The molecule has 3 fully saturated rings. The Morgan fingerprint density at radius 1 is 0.583 bits per heavy atom. The van der Waals surface area contributed by atoms with Crippen molar-refractivity contribution in [2.75, 3.05) is 45.8 Å². The lowest BCUT2D eigenvalue weighted by Gasteiger charge is -2.43. The fourth-order valence-electron chi connectivity index (χ4n) is 14.7. The van der Waals surface area contributed by atoms with Crippen LogP contribution in [0.25, 0.3) is 10.9 Å². The fraction of sp³-hybridized carbons (Fsp3) is 0.558. The molecule has 7 rings (SSSR count). The van der Waals surface area contributed by atoms with Crippen LogP contribution in [0.2, 0.25) is 0 Å². The molecule has 4 heterocycles. The number of nitrogens with one attached hydrogen (secondary N) is 20. The number of guanidine groups is 4. The van der Waals surface area contributed by atoms with Crippen LogP contribution in [0.1, 0.15) is 147 Å². The van der Waals surface area contributed by atoms with Gasteiger partial charge < -0.3 is 129 Å². The number of likely N-dealkylation sites (tertiary alicyclic amines) is 1. The largest absolute Gasteiger partial charge is 0.370 e. The Balaban J connectivity index is 1.21. The molecule has 656 valence electrons. The summed E-state index contributed by atoms with van der Waals surface area (Å²) in [6, 6.07) is -4.53. The van der Waals surface area contributed by atoms with Crippen molar-refractivity contribution in [2.24, 2.45) is 34.4 Å². The molecule has 43 heteroatoms. The number of carbonyl (C=O) groups excluding carboxylic acids is 14. The lowest BCUT2D eigenvalue weighted by Crippen LogP contribution is -2.67. The standard InChI is InChI=1S/C77H117FN28O14/c1-42(94-43(2)107)61(109)96-52(24-10-33-90-74(83)84)65(113)101-56(40-45-41-93-48-19-4-3-18-47(45)48)67(115)99-50-20-5-6-21-55(103-72(120)77(29-15-30-77)104-69(117)59-28-14-37-106(59)71(119)57(102-66(50)114)39-44-16-7-17-46(78)38-44)70(118)105-36-13-27-58(105)68(116)100-51(22-8-31-79)63(111)98-54(26-12-35-92-76(87)88)64(112)97-53(25-11-34-91-75(85)86)62(110)95-49(60(80)108)23-9-32-89-73(81)82/h3-7,16-19,38,41-42,49-59,93H,8-15,20-37,39-40,79H2,1-2H3,(H2,80,108)(H,94,107)(H,95,110)(H,96,109)(H,97,112)(H,98,111)(H,99,115)(H,100,116)(H,101,113)(H,102,114)(H,103,120)(H,104,117)(H4,81,82,89)(H4,83,84,90)(H4,85,86,91)(H4,87,88,92)/b6-5-/t42-,49-,50-,51-,52-,53-,54-,55-,56-,57-,58-,59-/m0/s1. The Morgan fingerprint density at radius 2 is 1.11 bits per heavy atom. The van der Waals surface area contributed by atoms with E-state index in [1.807, 2.05) is 0 Å². The lowest BCUT2D eigenvalue weighted by atomic mass is 9.75. The zero-order valence-electron chi connectivity index (χ0n) is 67.5. The van der Waals surface area contributed by atoms with Gasteiger partial charge in [0.2, 0.25) is 82.7 Å². The highest BCUT2D eigenvalue weighted by molar-refractivity contribution is 6.02. The average molecular weight is 1680 g/mol. The number of aromatic amines is 1. The minimum Gasteiger partial charge on any atom is -0.370 e. The first-order valence-corrected chi connectivity index (χ1v) is 40.4. The van der Waals surface area contributed by atoms with E-state index in [-0.39, 0.29) is 185 Å². The van der Waals surface area contributed by atoms with Crippen molar-refractivity contribution in [2.45, 2.75) is 227 Å². The third-order valence-corrected chi connectivity index (χ3v) is 21.1. The number of carbonyl (C=O) groups is 14. The van der Waals surface area contributed by atoms with E-state index in [4.69, 9.17) is 56.0 Å². The summed E-state index contributed by atoms with van der Waals surface area (Å²) in [6.45, 7) is 2.91. The second kappa shape index (κ2) is 46.4. The van der Waals surface area contributed by atoms with Gasteiger partial charge in [-0.2, -0.15) is 0 Å². The Morgan fingerprint density at radius 3 is 1.65 bits per heavy atom. The van der Waals surface area contributed by atoms with E-state index in [0.717, 1.165) is 0 Å². The number of H-pyrrole nitrogens is 1. The molecule has 42 nitrogen and oxygen atoms in total. The summed E-state index contributed by atoms with van der Waals surface area (Å²) >= 11 is 0. The predicted molar refractivity (Wildman–Crippen MR) is 439 cm³/mol. The maximum absolute atomic E-state index is 15.5. The predicted octanol–water partition coefficient (Wildman–Crippen LogP) is -5.37. The Hall–Kier alpha value is -12.7. The van der Waals surface area contributed by atoms with E-state index < -0.39 is 179 Å². The first-order chi connectivity index (χ1) is 57.2. The summed E-state index contributed by atoms with van der Waals surface area (Å²) < 4.78 is 15.0. The number of amides is 14. The van der Waals surface area contributed by atoms with Gasteiger partial charge in [-0.25, -0.2) is 4.39 Å². The van der Waals surface area contributed by atoms with Crippen LogP contribution in [0.3, 0.4) is 0 Å². The summed E-state index contributed by atoms with van der Waals surface area (Å²) in [5, 5.41) is 71.3. The number of halogens is 1. The molecule has 1 saturated carbocycles. The number of benzene rings is 2. The molecule has 4 aliphatic rings. The van der Waals surface area contributed by atoms with Gasteiger partial charge in [0.1, 0.15) is 83.9 Å². The molecule has 1 aromatic heterocycles. The minimum absolute atomic E-state index is 0.00232. The van der Waals surface area contributed by atoms with Gasteiger partial charge in [-0.15, -0.1) is 0 Å². The molecule has 0 unspecified atom stereocenters. The van der Waals surface area contributed by atoms with Crippen molar-refractivity contribution < 1.29 is 71.5 Å². The third kappa shape index (κ3) is 28.8. The van der Waals surface area contributed by atoms with Gasteiger partial charge >= 0.3 is 0 Å². The number of primary amides is 1. The number of hydrogen-bond donors (Lipinski definition) is 26. The Labute approximate surface area is 693 Å². The minimum atomic E-state index is -1.68. The van der Waals surface area contributed by atoms with Crippen molar-refractivity contribution in [3.05, 3.63) is 83.8 Å². The second-order valence-electron chi connectivity index (χ2n) is 30.3. The molecular formula is C77H117FN28O14.